The van der Waals surface area contributed by atoms with Gasteiger partial charge >= 0.3 is 0 Å². The second kappa shape index (κ2) is 10.5. The van der Waals surface area contributed by atoms with Gasteiger partial charge in [-0.05, 0) is 36.4 Å². The Bertz CT molecular complexity index is 1220. The number of nitriles is 1. The largest absolute Gasteiger partial charge is 0.353 e. The Hall–Kier alpha value is -4.31. The molecular weight excluding hydrogens is 450 g/mol. The number of rotatable bonds is 6. The van der Waals surface area contributed by atoms with E-state index in [1.165, 1.54) is 0 Å². The highest BCUT2D eigenvalue weighted by atomic mass is 16.2. The first-order valence-corrected chi connectivity index (χ1v) is 11.8. The lowest BCUT2D eigenvalue weighted by molar-refractivity contribution is -0.123. The molecular formula is C29H33N5O2. The van der Waals surface area contributed by atoms with Crippen molar-refractivity contribution in [2.45, 2.75) is 41.5 Å². The zero-order chi connectivity index (χ0) is 26.5. The number of para-hydroxylation sites is 4. The standard InChI is InChI=1S/C29H33N5O2/c1-28(2,3)26(35)33-24-14-9-7-12-22(24)31-20-16-11-17-21(19(20)18-30)32-23-13-8-10-15-25(23)34-27(36)29(4,5)6/h7-17,31-32H,1-6H3,(H,33,35)(H,34,36). The van der Waals surface area contributed by atoms with Crippen LogP contribution in [0.25, 0.3) is 0 Å². The van der Waals surface area contributed by atoms with Crippen LogP contribution in [-0.2, 0) is 9.59 Å². The van der Waals surface area contributed by atoms with Gasteiger partial charge in [0.2, 0.25) is 11.8 Å². The van der Waals surface area contributed by atoms with Crippen molar-refractivity contribution >= 4 is 45.9 Å². The second-order valence-electron chi connectivity index (χ2n) is 10.6. The Balaban J connectivity index is 1.92. The molecule has 3 aromatic carbocycles. The summed E-state index contributed by atoms with van der Waals surface area (Å²) in [6.45, 7) is 11.1. The maximum absolute atomic E-state index is 12.6. The summed E-state index contributed by atoms with van der Waals surface area (Å²) in [6, 6.07) is 22.4. The molecule has 0 radical (unpaired) electrons. The lowest BCUT2D eigenvalue weighted by atomic mass is 9.95. The maximum Gasteiger partial charge on any atom is 0.229 e. The van der Waals surface area contributed by atoms with E-state index >= 15 is 0 Å². The van der Waals surface area contributed by atoms with E-state index in [9.17, 15) is 14.9 Å². The molecule has 0 aliphatic heterocycles. The molecule has 36 heavy (non-hydrogen) atoms. The molecule has 0 fully saturated rings. The lowest BCUT2D eigenvalue weighted by Gasteiger charge is -2.21. The van der Waals surface area contributed by atoms with Crippen LogP contribution < -0.4 is 21.3 Å². The average molecular weight is 484 g/mol. The van der Waals surface area contributed by atoms with Gasteiger partial charge in [-0.15, -0.1) is 0 Å². The maximum atomic E-state index is 12.6. The SMILES string of the molecule is CC(C)(C)C(=O)Nc1ccccc1Nc1cccc(Nc2ccccc2NC(=O)C(C)(C)C)c1C#N. The van der Waals surface area contributed by atoms with E-state index in [1.54, 1.807) is 12.1 Å². The average Bonchev–Trinajstić information content (AvgIpc) is 2.80. The molecule has 7 nitrogen and oxygen atoms in total. The van der Waals surface area contributed by atoms with Gasteiger partial charge in [-0.2, -0.15) is 5.26 Å². The van der Waals surface area contributed by atoms with Gasteiger partial charge in [0.25, 0.3) is 0 Å². The Morgan fingerprint density at radius 1 is 0.583 bits per heavy atom. The van der Waals surface area contributed by atoms with Crippen LogP contribution in [0.15, 0.2) is 66.7 Å². The van der Waals surface area contributed by atoms with Gasteiger partial charge < -0.3 is 21.3 Å². The number of benzene rings is 3. The Labute approximate surface area is 212 Å². The normalized spacial score (nSPS) is 11.2. The van der Waals surface area contributed by atoms with Crippen molar-refractivity contribution in [1.29, 1.82) is 5.26 Å². The summed E-state index contributed by atoms with van der Waals surface area (Å²) in [5.74, 6) is -0.219. The van der Waals surface area contributed by atoms with E-state index in [2.05, 4.69) is 27.3 Å². The fraction of sp³-hybridized carbons (Fsp3) is 0.276. The first-order chi connectivity index (χ1) is 16.9. The first-order valence-electron chi connectivity index (χ1n) is 11.8. The molecule has 3 rings (SSSR count). The number of hydrogen-bond acceptors (Lipinski definition) is 5. The van der Waals surface area contributed by atoms with Gasteiger partial charge in [0.05, 0.1) is 39.7 Å². The molecule has 0 aromatic heterocycles. The van der Waals surface area contributed by atoms with E-state index in [0.29, 0.717) is 39.7 Å². The molecule has 3 aromatic rings. The van der Waals surface area contributed by atoms with Crippen LogP contribution >= 0.6 is 0 Å². The van der Waals surface area contributed by atoms with Gasteiger partial charge in [-0.25, -0.2) is 0 Å². The molecule has 0 unspecified atom stereocenters. The molecule has 4 N–H and O–H groups in total. The molecule has 186 valence electrons. The molecule has 0 aliphatic carbocycles. The molecule has 7 heteroatoms. The summed E-state index contributed by atoms with van der Waals surface area (Å²) in [5.41, 5.74) is 3.03. The minimum absolute atomic E-state index is 0.110. The van der Waals surface area contributed by atoms with Gasteiger partial charge in [0.15, 0.2) is 0 Å². The molecule has 2 amide bonds. The fourth-order valence-electron chi connectivity index (χ4n) is 3.19. The molecule has 0 atom stereocenters. The third kappa shape index (κ3) is 6.42. The van der Waals surface area contributed by atoms with Crippen LogP contribution in [0.2, 0.25) is 0 Å². The van der Waals surface area contributed by atoms with Gasteiger partial charge in [-0.1, -0.05) is 71.9 Å². The topological polar surface area (TPSA) is 106 Å². The fourth-order valence-corrected chi connectivity index (χ4v) is 3.19. The quantitative estimate of drug-likeness (QED) is 0.302. The van der Waals surface area contributed by atoms with Gasteiger partial charge in [0.1, 0.15) is 6.07 Å². The van der Waals surface area contributed by atoms with E-state index in [0.717, 1.165) is 0 Å². The number of carbonyl (C=O) groups is 2. The lowest BCUT2D eigenvalue weighted by Crippen LogP contribution is -2.27. The number of amides is 2. The third-order valence-corrected chi connectivity index (χ3v) is 5.43. The molecule has 0 saturated heterocycles. The molecule has 0 spiro atoms. The van der Waals surface area contributed by atoms with Crippen LogP contribution in [0, 0.1) is 22.2 Å². The Kier molecular flexibility index (Phi) is 7.69. The van der Waals surface area contributed by atoms with Crippen LogP contribution in [0.1, 0.15) is 47.1 Å². The van der Waals surface area contributed by atoms with Gasteiger partial charge in [-0.3, -0.25) is 9.59 Å². The van der Waals surface area contributed by atoms with Crippen molar-refractivity contribution < 1.29 is 9.59 Å². The van der Waals surface area contributed by atoms with E-state index in [1.807, 2.05) is 96.1 Å². The number of hydrogen-bond donors (Lipinski definition) is 4. The van der Waals surface area contributed by atoms with Crippen LogP contribution in [0.5, 0.6) is 0 Å². The predicted octanol–water partition coefficient (Wildman–Crippen LogP) is 7.01. The molecule has 0 aliphatic rings. The number of carbonyl (C=O) groups excluding carboxylic acids is 2. The third-order valence-electron chi connectivity index (χ3n) is 5.43. The highest BCUT2D eigenvalue weighted by Gasteiger charge is 2.23. The van der Waals surface area contributed by atoms with E-state index in [4.69, 9.17) is 0 Å². The summed E-state index contributed by atoms with van der Waals surface area (Å²) in [7, 11) is 0. The highest BCUT2D eigenvalue weighted by Crippen LogP contribution is 2.34. The van der Waals surface area contributed by atoms with Crippen LogP contribution in [0.3, 0.4) is 0 Å². The summed E-state index contributed by atoms with van der Waals surface area (Å²) >= 11 is 0. The number of nitrogens with one attached hydrogen (secondary N) is 4. The van der Waals surface area contributed by atoms with Crippen molar-refractivity contribution in [3.8, 4) is 6.07 Å². The van der Waals surface area contributed by atoms with Crippen molar-refractivity contribution in [1.82, 2.24) is 0 Å². The van der Waals surface area contributed by atoms with E-state index < -0.39 is 10.8 Å². The van der Waals surface area contributed by atoms with Crippen LogP contribution in [0.4, 0.5) is 34.1 Å². The summed E-state index contributed by atoms with van der Waals surface area (Å²) in [6.07, 6.45) is 0. The minimum Gasteiger partial charge on any atom is -0.353 e. The molecule has 0 bridgehead atoms. The number of anilines is 6. The number of nitrogens with zero attached hydrogens (tertiary/aromatic N) is 1. The van der Waals surface area contributed by atoms with Crippen LogP contribution in [-0.4, -0.2) is 11.8 Å². The minimum atomic E-state index is -0.551. The van der Waals surface area contributed by atoms with Crippen molar-refractivity contribution in [3.05, 3.63) is 72.3 Å². The van der Waals surface area contributed by atoms with Crippen molar-refractivity contribution in [2.75, 3.05) is 21.3 Å². The van der Waals surface area contributed by atoms with Gasteiger partial charge in [0, 0.05) is 10.8 Å². The van der Waals surface area contributed by atoms with Crippen molar-refractivity contribution in [3.63, 3.8) is 0 Å². The second-order valence-corrected chi connectivity index (χ2v) is 10.6. The molecule has 0 heterocycles. The zero-order valence-corrected chi connectivity index (χ0v) is 21.6. The zero-order valence-electron chi connectivity index (χ0n) is 21.6. The summed E-state index contributed by atoms with van der Waals surface area (Å²) in [5, 5.41) is 22.5. The molecule has 0 saturated carbocycles. The highest BCUT2D eigenvalue weighted by molar-refractivity contribution is 5.99. The summed E-state index contributed by atoms with van der Waals surface area (Å²) in [4.78, 5) is 25.1. The predicted molar refractivity (Wildman–Crippen MR) is 147 cm³/mol. The Morgan fingerprint density at radius 3 is 1.25 bits per heavy atom. The monoisotopic (exact) mass is 483 g/mol. The smallest absolute Gasteiger partial charge is 0.229 e. The first kappa shape index (κ1) is 26.3. The van der Waals surface area contributed by atoms with E-state index in [-0.39, 0.29) is 11.8 Å². The van der Waals surface area contributed by atoms with Crippen molar-refractivity contribution in [2.24, 2.45) is 10.8 Å². The summed E-state index contributed by atoms with van der Waals surface area (Å²) < 4.78 is 0. The Morgan fingerprint density at radius 2 is 0.917 bits per heavy atom.